The highest BCUT2D eigenvalue weighted by molar-refractivity contribution is 7.89. The van der Waals surface area contributed by atoms with Crippen LogP contribution in [0, 0.1) is 18.3 Å². The fourth-order valence-electron chi connectivity index (χ4n) is 2.34. The van der Waals surface area contributed by atoms with Gasteiger partial charge in [0.15, 0.2) is 0 Å². The number of anilines is 2. The Morgan fingerprint density at radius 1 is 1.15 bits per heavy atom. The lowest BCUT2D eigenvalue weighted by Gasteiger charge is -2.15. The summed E-state index contributed by atoms with van der Waals surface area (Å²) in [6, 6.07) is 13.9. The Morgan fingerprint density at radius 2 is 1.81 bits per heavy atom. The Hall–Kier alpha value is -2.89. The number of sulfonamides is 1. The van der Waals surface area contributed by atoms with Crippen LogP contribution < -0.4 is 10.6 Å². The number of nitriles is 1. The molecule has 0 aliphatic rings. The van der Waals surface area contributed by atoms with E-state index in [0.717, 1.165) is 15.4 Å². The molecule has 0 saturated carbocycles. The molecule has 1 amide bonds. The van der Waals surface area contributed by atoms with Crippen LogP contribution in [-0.2, 0) is 21.2 Å². The lowest BCUT2D eigenvalue weighted by atomic mass is 10.1. The van der Waals surface area contributed by atoms with Crippen molar-refractivity contribution in [1.82, 2.24) is 4.31 Å². The summed E-state index contributed by atoms with van der Waals surface area (Å²) >= 11 is 0. The van der Waals surface area contributed by atoms with E-state index in [9.17, 15) is 13.2 Å². The maximum Gasteiger partial charge on any atom is 0.243 e. The number of amides is 1. The second-order valence-corrected chi connectivity index (χ2v) is 8.35. The minimum Gasteiger partial charge on any atom is -0.376 e. The van der Waals surface area contributed by atoms with Gasteiger partial charge in [-0.2, -0.15) is 5.26 Å². The summed E-state index contributed by atoms with van der Waals surface area (Å²) in [7, 11) is -0.603. The molecule has 2 aromatic rings. The molecular formula is C19H22N4O3S. The van der Waals surface area contributed by atoms with Gasteiger partial charge in [0, 0.05) is 25.5 Å². The first kappa shape index (κ1) is 20.4. The van der Waals surface area contributed by atoms with Gasteiger partial charge in [0.25, 0.3) is 0 Å². The number of nitrogens with one attached hydrogen (secondary N) is 2. The molecular weight excluding hydrogens is 364 g/mol. The first-order chi connectivity index (χ1) is 12.7. The number of carbonyl (C=O) groups excluding carboxylic acids is 1. The molecule has 0 unspecified atom stereocenters. The summed E-state index contributed by atoms with van der Waals surface area (Å²) in [5.74, 6) is -0.261. The van der Waals surface area contributed by atoms with Crippen molar-refractivity contribution in [1.29, 1.82) is 5.26 Å². The van der Waals surface area contributed by atoms with E-state index in [1.807, 2.05) is 6.92 Å². The van der Waals surface area contributed by atoms with Gasteiger partial charge in [-0.1, -0.05) is 18.2 Å². The van der Waals surface area contributed by atoms with Crippen LogP contribution in [0.1, 0.15) is 11.1 Å². The fraction of sp³-hybridized carbons (Fsp3) is 0.263. The van der Waals surface area contributed by atoms with Gasteiger partial charge in [-0.25, -0.2) is 12.7 Å². The number of rotatable bonds is 7. The highest BCUT2D eigenvalue weighted by atomic mass is 32.2. The minimum atomic E-state index is -3.54. The number of carbonyl (C=O) groups is 1. The smallest absolute Gasteiger partial charge is 0.243 e. The van der Waals surface area contributed by atoms with Crippen LogP contribution in [0.2, 0.25) is 0 Å². The number of benzene rings is 2. The maximum atomic E-state index is 12.2. The van der Waals surface area contributed by atoms with Crippen LogP contribution in [0.4, 0.5) is 11.4 Å². The van der Waals surface area contributed by atoms with Gasteiger partial charge >= 0.3 is 0 Å². The molecule has 0 aliphatic carbocycles. The van der Waals surface area contributed by atoms with E-state index in [0.29, 0.717) is 17.8 Å². The second-order valence-electron chi connectivity index (χ2n) is 6.20. The number of hydrogen-bond acceptors (Lipinski definition) is 5. The van der Waals surface area contributed by atoms with Crippen molar-refractivity contribution >= 4 is 27.3 Å². The van der Waals surface area contributed by atoms with E-state index in [2.05, 4.69) is 16.7 Å². The first-order valence-electron chi connectivity index (χ1n) is 8.27. The van der Waals surface area contributed by atoms with Crippen molar-refractivity contribution < 1.29 is 13.2 Å². The molecule has 0 fully saturated rings. The van der Waals surface area contributed by atoms with E-state index in [1.54, 1.807) is 36.4 Å². The predicted molar refractivity (Wildman–Crippen MR) is 105 cm³/mol. The van der Waals surface area contributed by atoms with Crippen LogP contribution in [0.25, 0.3) is 0 Å². The Labute approximate surface area is 159 Å². The van der Waals surface area contributed by atoms with Crippen LogP contribution in [0.5, 0.6) is 0 Å². The molecule has 0 radical (unpaired) electrons. The summed E-state index contributed by atoms with van der Waals surface area (Å²) in [4.78, 5) is 12.3. The Bertz CT molecular complexity index is 961. The standard InChI is InChI=1S/C19H22N4O3S/c1-14-4-9-17(27(25,26)23(2)3)12-18(14)21-13-19(24)22-16-7-5-15(6-8-16)10-11-20/h4-9,12,21H,10,13H2,1-3H3,(H,22,24). The van der Waals surface area contributed by atoms with E-state index in [-0.39, 0.29) is 17.3 Å². The van der Waals surface area contributed by atoms with Crippen LogP contribution in [-0.4, -0.2) is 39.3 Å². The molecule has 2 rings (SSSR count). The largest absolute Gasteiger partial charge is 0.376 e. The van der Waals surface area contributed by atoms with Crippen molar-refractivity contribution in [2.75, 3.05) is 31.3 Å². The summed E-state index contributed by atoms with van der Waals surface area (Å²) in [5, 5.41) is 14.4. The van der Waals surface area contributed by atoms with Gasteiger partial charge in [-0.05, 0) is 42.3 Å². The number of nitrogens with zero attached hydrogens (tertiary/aromatic N) is 2. The third kappa shape index (κ3) is 5.29. The SMILES string of the molecule is Cc1ccc(S(=O)(=O)N(C)C)cc1NCC(=O)Nc1ccc(CC#N)cc1. The molecule has 0 atom stereocenters. The number of hydrogen-bond donors (Lipinski definition) is 2. The van der Waals surface area contributed by atoms with Gasteiger partial charge in [0.05, 0.1) is 23.9 Å². The van der Waals surface area contributed by atoms with Crippen molar-refractivity contribution in [3.05, 3.63) is 53.6 Å². The highest BCUT2D eigenvalue weighted by Crippen LogP contribution is 2.22. The average Bonchev–Trinajstić information content (AvgIpc) is 2.62. The lowest BCUT2D eigenvalue weighted by molar-refractivity contribution is -0.114. The van der Waals surface area contributed by atoms with Crippen LogP contribution in [0.3, 0.4) is 0 Å². The van der Waals surface area contributed by atoms with Crippen LogP contribution >= 0.6 is 0 Å². The molecule has 142 valence electrons. The highest BCUT2D eigenvalue weighted by Gasteiger charge is 2.18. The summed E-state index contributed by atoms with van der Waals surface area (Å²) in [5.41, 5.74) is 2.92. The topological polar surface area (TPSA) is 102 Å². The molecule has 27 heavy (non-hydrogen) atoms. The van der Waals surface area contributed by atoms with Crippen molar-refractivity contribution in [2.45, 2.75) is 18.2 Å². The number of aryl methyl sites for hydroxylation is 1. The zero-order valence-corrected chi connectivity index (χ0v) is 16.3. The normalized spacial score (nSPS) is 11.1. The van der Waals surface area contributed by atoms with Crippen molar-refractivity contribution in [3.8, 4) is 6.07 Å². The first-order valence-corrected chi connectivity index (χ1v) is 9.71. The second kappa shape index (κ2) is 8.66. The molecule has 0 aliphatic heterocycles. The van der Waals surface area contributed by atoms with E-state index in [4.69, 9.17) is 5.26 Å². The molecule has 7 nitrogen and oxygen atoms in total. The molecule has 2 N–H and O–H groups in total. The lowest BCUT2D eigenvalue weighted by Crippen LogP contribution is -2.24. The molecule has 8 heteroatoms. The molecule has 0 spiro atoms. The van der Waals surface area contributed by atoms with E-state index in [1.165, 1.54) is 20.2 Å². The Morgan fingerprint density at radius 3 is 2.41 bits per heavy atom. The monoisotopic (exact) mass is 386 g/mol. The summed E-state index contributed by atoms with van der Waals surface area (Å²) in [6.07, 6.45) is 0.321. The van der Waals surface area contributed by atoms with Gasteiger partial charge in [0.2, 0.25) is 15.9 Å². The van der Waals surface area contributed by atoms with Gasteiger partial charge in [0.1, 0.15) is 0 Å². The third-order valence-corrected chi connectivity index (χ3v) is 5.76. The van der Waals surface area contributed by atoms with Gasteiger partial charge in [-0.15, -0.1) is 0 Å². The van der Waals surface area contributed by atoms with E-state index < -0.39 is 10.0 Å². The summed E-state index contributed by atoms with van der Waals surface area (Å²) in [6.45, 7) is 1.83. The zero-order chi connectivity index (χ0) is 20.0. The fourth-order valence-corrected chi connectivity index (χ4v) is 3.27. The molecule has 2 aromatic carbocycles. The van der Waals surface area contributed by atoms with Gasteiger partial charge in [-0.3, -0.25) is 4.79 Å². The quantitative estimate of drug-likeness (QED) is 0.760. The molecule has 0 heterocycles. The molecule has 0 bridgehead atoms. The van der Waals surface area contributed by atoms with E-state index >= 15 is 0 Å². The zero-order valence-electron chi connectivity index (χ0n) is 15.5. The average molecular weight is 386 g/mol. The van der Waals surface area contributed by atoms with Gasteiger partial charge < -0.3 is 10.6 Å². The predicted octanol–water partition coefficient (Wildman–Crippen LogP) is 2.36. The minimum absolute atomic E-state index is 0.00769. The summed E-state index contributed by atoms with van der Waals surface area (Å²) < 4.78 is 25.6. The molecule has 0 saturated heterocycles. The third-order valence-electron chi connectivity index (χ3n) is 3.95. The molecule has 0 aromatic heterocycles. The Kier molecular flexibility index (Phi) is 6.55. The maximum absolute atomic E-state index is 12.2. The Balaban J connectivity index is 2.03. The van der Waals surface area contributed by atoms with Crippen LogP contribution in [0.15, 0.2) is 47.4 Å². The van der Waals surface area contributed by atoms with Crippen molar-refractivity contribution in [2.24, 2.45) is 0 Å². The van der Waals surface area contributed by atoms with Crippen molar-refractivity contribution in [3.63, 3.8) is 0 Å².